The van der Waals surface area contributed by atoms with Crippen molar-refractivity contribution in [1.29, 1.82) is 0 Å². The molecule has 1 aromatic heterocycles. The number of aromatic nitrogens is 1. The van der Waals surface area contributed by atoms with Gasteiger partial charge in [0.15, 0.2) is 5.69 Å². The minimum Gasteiger partial charge on any atom is -0.395 e. The summed E-state index contributed by atoms with van der Waals surface area (Å²) >= 11 is 0.833. The minimum atomic E-state index is -0.786. The molecule has 0 unspecified atom stereocenters. The average Bonchev–Trinajstić information content (AvgIpc) is 3.40. The monoisotopic (exact) mass is 443 g/mol. The van der Waals surface area contributed by atoms with Gasteiger partial charge in [-0.25, -0.2) is 0 Å². The Morgan fingerprint density at radius 3 is 2.48 bits per heavy atom. The van der Waals surface area contributed by atoms with E-state index >= 15 is 0 Å². The van der Waals surface area contributed by atoms with Crippen LogP contribution in [0, 0.1) is 0 Å². The number of amides is 3. The van der Waals surface area contributed by atoms with E-state index in [9.17, 15) is 14.4 Å². The van der Waals surface area contributed by atoms with E-state index in [1.807, 2.05) is 37.3 Å². The van der Waals surface area contributed by atoms with Crippen LogP contribution in [0.4, 0.5) is 5.69 Å². The fourth-order valence-electron chi connectivity index (χ4n) is 3.93. The summed E-state index contributed by atoms with van der Waals surface area (Å²) in [5, 5.41) is 3.12. The molecule has 1 saturated carbocycles. The Morgan fingerprint density at radius 2 is 1.90 bits per heavy atom. The van der Waals surface area contributed by atoms with Crippen LogP contribution in [-0.4, -0.2) is 39.1 Å². The molecule has 0 aliphatic heterocycles. The minimum absolute atomic E-state index is 0.0352. The highest BCUT2D eigenvalue weighted by Crippen LogP contribution is 2.26. The maximum atomic E-state index is 13.5. The zero-order valence-electron chi connectivity index (χ0n) is 17.7. The van der Waals surface area contributed by atoms with Crippen LogP contribution in [0.3, 0.4) is 0 Å². The lowest BCUT2D eigenvalue weighted by molar-refractivity contribution is -0.126. The Hall–Kier alpha value is -2.94. The molecular weight excluding hydrogens is 414 g/mol. The fourth-order valence-corrected chi connectivity index (χ4v) is 4.69. The number of nitrogens with one attached hydrogen (secondary N) is 1. The number of benzene rings is 1. The Bertz CT molecular complexity index is 924. The van der Waals surface area contributed by atoms with Crippen molar-refractivity contribution in [3.63, 3.8) is 0 Å². The number of primary amides is 1. The van der Waals surface area contributed by atoms with Gasteiger partial charge in [-0.05, 0) is 36.4 Å². The van der Waals surface area contributed by atoms with Crippen LogP contribution in [0.25, 0.3) is 0 Å². The summed E-state index contributed by atoms with van der Waals surface area (Å²) in [6.07, 6.45) is 5.36. The van der Waals surface area contributed by atoms with Crippen LogP contribution in [0.15, 0.2) is 30.3 Å². The van der Waals surface area contributed by atoms with Gasteiger partial charge in [0, 0.05) is 12.6 Å². The Balaban J connectivity index is 1.93. The lowest BCUT2D eigenvalue weighted by Crippen LogP contribution is -2.51. The van der Waals surface area contributed by atoms with Crippen LogP contribution in [0.5, 0.6) is 0 Å². The van der Waals surface area contributed by atoms with Crippen LogP contribution >= 0.6 is 11.5 Å². The van der Waals surface area contributed by atoms with E-state index in [1.165, 1.54) is 4.90 Å². The molecule has 0 bridgehead atoms. The first-order chi connectivity index (χ1) is 14.9. The summed E-state index contributed by atoms with van der Waals surface area (Å²) in [7, 11) is 0. The van der Waals surface area contributed by atoms with Gasteiger partial charge >= 0.3 is 0 Å². The summed E-state index contributed by atoms with van der Waals surface area (Å²) in [5.74, 6) is -1.37. The highest BCUT2D eigenvalue weighted by Gasteiger charge is 2.34. The molecule has 1 aliphatic rings. The van der Waals surface area contributed by atoms with Gasteiger partial charge in [-0.1, -0.05) is 56.5 Å². The third-order valence-electron chi connectivity index (χ3n) is 5.55. The molecule has 3 amide bonds. The number of nitrogens with two attached hydrogens (primary N) is 2. The smallest absolute Gasteiger partial charge is 0.270 e. The Morgan fingerprint density at radius 1 is 1.23 bits per heavy atom. The molecule has 166 valence electrons. The molecular formula is C22H29N5O3S. The molecule has 0 radical (unpaired) electrons. The summed E-state index contributed by atoms with van der Waals surface area (Å²) in [6, 6.07) is 8.97. The fraction of sp³-hybridized carbons (Fsp3) is 0.455. The quantitative estimate of drug-likeness (QED) is 0.548. The molecule has 31 heavy (non-hydrogen) atoms. The van der Waals surface area contributed by atoms with Crippen molar-refractivity contribution < 1.29 is 14.4 Å². The third kappa shape index (κ3) is 5.41. The van der Waals surface area contributed by atoms with Crippen molar-refractivity contribution in [2.75, 3.05) is 5.73 Å². The number of hydrogen-bond donors (Lipinski definition) is 3. The number of hydrogen-bond acceptors (Lipinski definition) is 6. The standard InChI is InChI=1S/C22H29N5O3S/c1-2-8-16(21(29)25-15-11-6-7-12-15)27(13-14-9-4-3-5-10-14)22(30)19-17(23)18(20(24)28)26-31-19/h3-5,9-10,15-16H,2,6-8,11-13,23H2,1H3,(H2,24,28)(H,25,29)/t16-/m0/s1. The first kappa shape index (κ1) is 22.7. The molecule has 1 aliphatic carbocycles. The van der Waals surface area contributed by atoms with Crippen LogP contribution < -0.4 is 16.8 Å². The van der Waals surface area contributed by atoms with Crippen LogP contribution in [-0.2, 0) is 11.3 Å². The molecule has 3 rings (SSSR count). The predicted molar refractivity (Wildman–Crippen MR) is 120 cm³/mol. The van der Waals surface area contributed by atoms with E-state index in [0.29, 0.717) is 6.42 Å². The molecule has 1 atom stereocenters. The van der Waals surface area contributed by atoms with Crippen molar-refractivity contribution in [1.82, 2.24) is 14.6 Å². The molecule has 8 nitrogen and oxygen atoms in total. The van der Waals surface area contributed by atoms with Gasteiger partial charge in [-0.3, -0.25) is 14.4 Å². The molecule has 2 aromatic rings. The molecule has 9 heteroatoms. The van der Waals surface area contributed by atoms with Gasteiger partial charge in [0.1, 0.15) is 10.9 Å². The number of rotatable bonds is 9. The Kier molecular flexibility index (Phi) is 7.62. The lowest BCUT2D eigenvalue weighted by atomic mass is 10.1. The number of carbonyl (C=O) groups is 3. The molecule has 1 fully saturated rings. The van der Waals surface area contributed by atoms with E-state index in [4.69, 9.17) is 11.5 Å². The summed E-state index contributed by atoms with van der Waals surface area (Å²) in [6.45, 7) is 2.22. The highest BCUT2D eigenvalue weighted by molar-refractivity contribution is 7.09. The molecule has 0 saturated heterocycles. The van der Waals surface area contributed by atoms with Crippen molar-refractivity contribution in [3.8, 4) is 0 Å². The van der Waals surface area contributed by atoms with Crippen molar-refractivity contribution in [3.05, 3.63) is 46.5 Å². The van der Waals surface area contributed by atoms with E-state index in [1.54, 1.807) is 0 Å². The van der Waals surface area contributed by atoms with E-state index in [2.05, 4.69) is 9.69 Å². The first-order valence-electron chi connectivity index (χ1n) is 10.6. The van der Waals surface area contributed by atoms with Gasteiger partial charge < -0.3 is 21.7 Å². The van der Waals surface area contributed by atoms with E-state index < -0.39 is 17.9 Å². The van der Waals surface area contributed by atoms with Crippen molar-refractivity contribution >= 4 is 34.9 Å². The van der Waals surface area contributed by atoms with Crippen LogP contribution in [0.2, 0.25) is 0 Å². The second-order valence-corrected chi connectivity index (χ2v) is 8.62. The molecule has 0 spiro atoms. The summed E-state index contributed by atoms with van der Waals surface area (Å²) in [5.41, 5.74) is 12.1. The third-order valence-corrected chi connectivity index (χ3v) is 6.41. The normalized spacial score (nSPS) is 14.9. The zero-order valence-corrected chi connectivity index (χ0v) is 18.5. The van der Waals surface area contributed by atoms with Gasteiger partial charge in [0.05, 0.1) is 5.69 Å². The van der Waals surface area contributed by atoms with Gasteiger partial charge in [-0.15, -0.1) is 0 Å². The summed E-state index contributed by atoms with van der Waals surface area (Å²) in [4.78, 5) is 40.0. The SMILES string of the molecule is CCC[C@@H](C(=O)NC1CCCC1)N(Cc1ccccc1)C(=O)c1snc(C(N)=O)c1N. The average molecular weight is 444 g/mol. The number of carbonyl (C=O) groups excluding carboxylic acids is 3. The first-order valence-corrected chi connectivity index (χ1v) is 11.4. The Labute approximate surface area is 186 Å². The second kappa shape index (κ2) is 10.4. The van der Waals surface area contributed by atoms with Crippen molar-refractivity contribution in [2.24, 2.45) is 5.73 Å². The molecule has 1 aromatic carbocycles. The van der Waals surface area contributed by atoms with Crippen LogP contribution in [0.1, 0.15) is 71.2 Å². The number of nitrogen functional groups attached to an aromatic ring is 1. The van der Waals surface area contributed by atoms with Gasteiger partial charge in [0.25, 0.3) is 11.8 Å². The maximum absolute atomic E-state index is 13.5. The molecule has 1 heterocycles. The maximum Gasteiger partial charge on any atom is 0.270 e. The topological polar surface area (TPSA) is 131 Å². The van der Waals surface area contributed by atoms with E-state index in [0.717, 1.165) is 49.2 Å². The van der Waals surface area contributed by atoms with E-state index in [-0.39, 0.29) is 34.8 Å². The number of anilines is 1. The van der Waals surface area contributed by atoms with Gasteiger partial charge in [0.2, 0.25) is 5.91 Å². The highest BCUT2D eigenvalue weighted by atomic mass is 32.1. The second-order valence-electron chi connectivity index (χ2n) is 7.85. The van der Waals surface area contributed by atoms with Crippen molar-refractivity contribution in [2.45, 2.75) is 64.1 Å². The van der Waals surface area contributed by atoms with Gasteiger partial charge in [-0.2, -0.15) is 4.37 Å². The predicted octanol–water partition coefficient (Wildman–Crippen LogP) is 2.69. The number of nitrogens with zero attached hydrogens (tertiary/aromatic N) is 2. The zero-order chi connectivity index (χ0) is 22.4. The lowest BCUT2D eigenvalue weighted by Gasteiger charge is -2.31. The largest absolute Gasteiger partial charge is 0.395 e. The molecule has 5 N–H and O–H groups in total. The summed E-state index contributed by atoms with van der Waals surface area (Å²) < 4.78 is 3.95.